The molecular formula is C22H21N7O2. The fourth-order valence-corrected chi connectivity index (χ4v) is 3.35. The van der Waals surface area contributed by atoms with Gasteiger partial charge in [-0.05, 0) is 37.1 Å². The van der Waals surface area contributed by atoms with Gasteiger partial charge in [0.1, 0.15) is 17.8 Å². The van der Waals surface area contributed by atoms with Crippen molar-refractivity contribution in [2.45, 2.75) is 13.8 Å². The topological polar surface area (TPSA) is 128 Å². The quantitative estimate of drug-likeness (QED) is 0.438. The lowest BCUT2D eigenvalue weighted by molar-refractivity contribution is 0.103. The Labute approximate surface area is 178 Å². The zero-order valence-corrected chi connectivity index (χ0v) is 17.3. The van der Waals surface area contributed by atoms with E-state index in [0.29, 0.717) is 33.5 Å². The summed E-state index contributed by atoms with van der Waals surface area (Å²) in [6, 6.07) is 6.94. The van der Waals surface area contributed by atoms with Crippen LogP contribution in [0.25, 0.3) is 11.0 Å². The molecule has 156 valence electrons. The van der Waals surface area contributed by atoms with E-state index in [9.17, 15) is 9.59 Å². The van der Waals surface area contributed by atoms with Crippen LogP contribution in [-0.2, 0) is 7.05 Å². The van der Waals surface area contributed by atoms with Crippen LogP contribution >= 0.6 is 0 Å². The Morgan fingerprint density at radius 2 is 1.87 bits per heavy atom. The Morgan fingerprint density at radius 1 is 1.06 bits per heavy atom. The number of nitrogen functional groups attached to an aromatic ring is 1. The number of amides is 2. The summed E-state index contributed by atoms with van der Waals surface area (Å²) in [5, 5.41) is 6.02. The van der Waals surface area contributed by atoms with Gasteiger partial charge in [-0.15, -0.1) is 0 Å². The summed E-state index contributed by atoms with van der Waals surface area (Å²) in [5.41, 5.74) is 10.3. The van der Waals surface area contributed by atoms with E-state index in [2.05, 4.69) is 25.6 Å². The molecule has 0 bridgehead atoms. The van der Waals surface area contributed by atoms with Crippen LogP contribution in [0.15, 0.2) is 49.2 Å². The number of pyridine rings is 1. The van der Waals surface area contributed by atoms with E-state index in [0.717, 1.165) is 11.1 Å². The summed E-state index contributed by atoms with van der Waals surface area (Å²) in [7, 11) is 1.78. The van der Waals surface area contributed by atoms with Crippen molar-refractivity contribution in [3.63, 3.8) is 0 Å². The van der Waals surface area contributed by atoms with Crippen molar-refractivity contribution < 1.29 is 9.59 Å². The standard InChI is InChI=1S/C22H21N7O2/c1-12-4-5-13(2)17(6-12)28-22(31)27-15-7-14(8-24-9-15)19(30)16-10-29(3)21-18(16)20(23)25-11-26-21/h4-11H,1-3H3,(H2,23,25,26)(H2,27,28,31). The van der Waals surface area contributed by atoms with Crippen molar-refractivity contribution in [1.82, 2.24) is 19.5 Å². The molecular weight excluding hydrogens is 394 g/mol. The maximum absolute atomic E-state index is 13.1. The molecule has 0 saturated heterocycles. The predicted octanol–water partition coefficient (Wildman–Crippen LogP) is 3.44. The van der Waals surface area contributed by atoms with Gasteiger partial charge in [-0.1, -0.05) is 12.1 Å². The third-order valence-electron chi connectivity index (χ3n) is 4.93. The lowest BCUT2D eigenvalue weighted by atomic mass is 10.1. The molecule has 3 aromatic heterocycles. The number of rotatable bonds is 4. The lowest BCUT2D eigenvalue weighted by Crippen LogP contribution is -2.20. The van der Waals surface area contributed by atoms with E-state index in [1.807, 2.05) is 32.0 Å². The Hall–Kier alpha value is -4.27. The molecule has 0 aliphatic heterocycles. The number of hydrogen-bond acceptors (Lipinski definition) is 6. The number of nitrogens with one attached hydrogen (secondary N) is 2. The van der Waals surface area contributed by atoms with E-state index >= 15 is 0 Å². The van der Waals surface area contributed by atoms with Crippen LogP contribution in [0, 0.1) is 13.8 Å². The summed E-state index contributed by atoms with van der Waals surface area (Å²) in [6.45, 7) is 3.86. The first-order valence-electron chi connectivity index (χ1n) is 9.54. The van der Waals surface area contributed by atoms with Gasteiger partial charge in [-0.25, -0.2) is 14.8 Å². The molecule has 3 heterocycles. The third-order valence-corrected chi connectivity index (χ3v) is 4.93. The van der Waals surface area contributed by atoms with Crippen LogP contribution in [0.2, 0.25) is 0 Å². The molecule has 0 spiro atoms. The van der Waals surface area contributed by atoms with Gasteiger partial charge in [0.15, 0.2) is 5.78 Å². The Kier molecular flexibility index (Phi) is 5.08. The number of fused-ring (bicyclic) bond motifs is 1. The summed E-state index contributed by atoms with van der Waals surface area (Å²) in [6.07, 6.45) is 5.92. The van der Waals surface area contributed by atoms with Crippen molar-refractivity contribution in [2.75, 3.05) is 16.4 Å². The number of urea groups is 1. The minimum absolute atomic E-state index is 0.226. The van der Waals surface area contributed by atoms with Crippen molar-refractivity contribution in [3.05, 3.63) is 71.4 Å². The number of hydrogen-bond donors (Lipinski definition) is 3. The maximum Gasteiger partial charge on any atom is 0.323 e. The summed E-state index contributed by atoms with van der Waals surface area (Å²) >= 11 is 0. The molecule has 2 amide bonds. The van der Waals surface area contributed by atoms with Gasteiger partial charge in [0.25, 0.3) is 0 Å². The number of ketones is 1. The van der Waals surface area contributed by atoms with Gasteiger partial charge in [-0.3, -0.25) is 9.78 Å². The fraction of sp³-hybridized carbons (Fsp3) is 0.136. The third kappa shape index (κ3) is 3.93. The second-order valence-electron chi connectivity index (χ2n) is 7.30. The number of anilines is 3. The monoisotopic (exact) mass is 415 g/mol. The van der Waals surface area contributed by atoms with E-state index in [1.165, 1.54) is 18.7 Å². The normalized spacial score (nSPS) is 10.8. The van der Waals surface area contributed by atoms with E-state index in [1.54, 1.807) is 23.9 Å². The average molecular weight is 415 g/mol. The SMILES string of the molecule is Cc1ccc(C)c(NC(=O)Nc2cncc(C(=O)c3cn(C)c4ncnc(N)c34)c2)c1. The molecule has 9 nitrogen and oxygen atoms in total. The van der Waals surface area contributed by atoms with Crippen LogP contribution in [0.1, 0.15) is 27.0 Å². The van der Waals surface area contributed by atoms with Crippen LogP contribution < -0.4 is 16.4 Å². The number of aromatic nitrogens is 4. The molecule has 0 saturated carbocycles. The molecule has 1 aromatic carbocycles. The number of nitrogens with two attached hydrogens (primary N) is 1. The van der Waals surface area contributed by atoms with E-state index in [-0.39, 0.29) is 11.6 Å². The highest BCUT2D eigenvalue weighted by Crippen LogP contribution is 2.26. The van der Waals surface area contributed by atoms with Crippen molar-refractivity contribution in [2.24, 2.45) is 7.05 Å². The molecule has 4 rings (SSSR count). The molecule has 0 aliphatic rings. The molecule has 0 atom stereocenters. The highest BCUT2D eigenvalue weighted by molar-refractivity contribution is 6.18. The smallest absolute Gasteiger partial charge is 0.323 e. The highest BCUT2D eigenvalue weighted by atomic mass is 16.2. The second kappa shape index (κ2) is 7.86. The second-order valence-corrected chi connectivity index (χ2v) is 7.30. The summed E-state index contributed by atoms with van der Waals surface area (Å²) in [4.78, 5) is 37.9. The van der Waals surface area contributed by atoms with Gasteiger partial charge >= 0.3 is 6.03 Å². The Balaban J connectivity index is 1.58. The number of carbonyl (C=O) groups excluding carboxylic acids is 2. The van der Waals surface area contributed by atoms with Crippen LogP contribution in [0.3, 0.4) is 0 Å². The molecule has 9 heteroatoms. The number of nitrogens with zero attached hydrogens (tertiary/aromatic N) is 4. The zero-order chi connectivity index (χ0) is 22.1. The Morgan fingerprint density at radius 3 is 2.68 bits per heavy atom. The molecule has 4 aromatic rings. The molecule has 31 heavy (non-hydrogen) atoms. The average Bonchev–Trinajstić information content (AvgIpc) is 3.08. The van der Waals surface area contributed by atoms with Crippen molar-refractivity contribution >= 4 is 40.0 Å². The molecule has 0 fully saturated rings. The van der Waals surface area contributed by atoms with Crippen LogP contribution in [0.4, 0.5) is 22.0 Å². The summed E-state index contributed by atoms with van der Waals surface area (Å²) in [5.74, 6) is -0.0673. The van der Waals surface area contributed by atoms with Gasteiger partial charge < -0.3 is 20.9 Å². The lowest BCUT2D eigenvalue weighted by Gasteiger charge is -2.11. The van der Waals surface area contributed by atoms with Gasteiger partial charge in [0.2, 0.25) is 0 Å². The Bertz CT molecular complexity index is 1330. The minimum atomic E-state index is -0.428. The zero-order valence-electron chi connectivity index (χ0n) is 17.3. The number of carbonyl (C=O) groups is 2. The largest absolute Gasteiger partial charge is 0.383 e. The fourth-order valence-electron chi connectivity index (χ4n) is 3.35. The highest BCUT2D eigenvalue weighted by Gasteiger charge is 2.20. The van der Waals surface area contributed by atoms with Crippen LogP contribution in [0.5, 0.6) is 0 Å². The summed E-state index contributed by atoms with van der Waals surface area (Å²) < 4.78 is 1.72. The molecule has 4 N–H and O–H groups in total. The first kappa shape index (κ1) is 20.0. The van der Waals surface area contributed by atoms with Gasteiger partial charge in [0, 0.05) is 30.7 Å². The molecule has 0 unspecified atom stereocenters. The minimum Gasteiger partial charge on any atom is -0.383 e. The predicted molar refractivity (Wildman–Crippen MR) is 119 cm³/mol. The van der Waals surface area contributed by atoms with Crippen molar-refractivity contribution in [1.29, 1.82) is 0 Å². The molecule has 0 radical (unpaired) electrons. The van der Waals surface area contributed by atoms with E-state index in [4.69, 9.17) is 5.73 Å². The van der Waals surface area contributed by atoms with Crippen molar-refractivity contribution in [3.8, 4) is 0 Å². The number of aryl methyl sites for hydroxylation is 3. The van der Waals surface area contributed by atoms with Gasteiger partial charge in [-0.2, -0.15) is 0 Å². The van der Waals surface area contributed by atoms with E-state index < -0.39 is 6.03 Å². The van der Waals surface area contributed by atoms with Gasteiger partial charge in [0.05, 0.1) is 22.8 Å². The maximum atomic E-state index is 13.1. The number of benzene rings is 1. The van der Waals surface area contributed by atoms with Crippen LogP contribution in [-0.4, -0.2) is 31.3 Å². The molecule has 0 aliphatic carbocycles. The first-order valence-corrected chi connectivity index (χ1v) is 9.54. The first-order chi connectivity index (χ1) is 14.8.